The molecule has 51 heavy (non-hydrogen) atoms. The van der Waals surface area contributed by atoms with Gasteiger partial charge in [-0.2, -0.15) is 0 Å². The standard InChI is InChI=1S/C47H31N3O/c1-3-12-30(13-4-1)32-22-25-34(26-23-32)45-48-46(37-27-24-31-14-7-8-17-35(31)28-37)50-47(49-45)40-29-36-18-11-20-38(33-15-5-2-6-16-33)42(36)44-43(40)39-19-9-10-21-41(39)51-44/h1,3-5,7-29H,2,6H2. The van der Waals surface area contributed by atoms with Gasteiger partial charge in [-0.05, 0) is 69.5 Å². The van der Waals surface area contributed by atoms with Crippen LogP contribution in [0.15, 0.2) is 168 Å². The van der Waals surface area contributed by atoms with E-state index in [2.05, 4.69) is 146 Å². The Bertz CT molecular complexity index is 2850. The smallest absolute Gasteiger partial charge is 0.164 e. The third-order valence-electron chi connectivity index (χ3n) is 9.93. The van der Waals surface area contributed by atoms with Crippen LogP contribution >= 0.6 is 0 Å². The zero-order valence-corrected chi connectivity index (χ0v) is 27.8. The molecule has 4 heteroatoms. The van der Waals surface area contributed by atoms with E-state index in [-0.39, 0.29) is 0 Å². The van der Waals surface area contributed by atoms with Crippen molar-refractivity contribution in [2.45, 2.75) is 12.8 Å². The quantitative estimate of drug-likeness (QED) is 0.185. The van der Waals surface area contributed by atoms with Gasteiger partial charge < -0.3 is 4.42 Å². The first-order valence-corrected chi connectivity index (χ1v) is 17.4. The summed E-state index contributed by atoms with van der Waals surface area (Å²) in [7, 11) is 0. The van der Waals surface area contributed by atoms with Gasteiger partial charge in [-0.3, -0.25) is 0 Å². The summed E-state index contributed by atoms with van der Waals surface area (Å²) < 4.78 is 6.77. The largest absolute Gasteiger partial charge is 0.455 e. The molecule has 4 nitrogen and oxygen atoms in total. The van der Waals surface area contributed by atoms with Crippen molar-refractivity contribution in [2.75, 3.05) is 0 Å². The highest BCUT2D eigenvalue weighted by molar-refractivity contribution is 6.23. The highest BCUT2D eigenvalue weighted by Gasteiger charge is 2.22. The summed E-state index contributed by atoms with van der Waals surface area (Å²) in [5.74, 6) is 1.85. The molecule has 2 aromatic heterocycles. The average Bonchev–Trinajstić information content (AvgIpc) is 3.60. The molecule has 0 saturated heterocycles. The minimum absolute atomic E-state index is 0.607. The minimum Gasteiger partial charge on any atom is -0.455 e. The van der Waals surface area contributed by atoms with Crippen molar-refractivity contribution in [2.24, 2.45) is 0 Å². The van der Waals surface area contributed by atoms with E-state index >= 15 is 0 Å². The van der Waals surface area contributed by atoms with Crippen molar-refractivity contribution in [3.8, 4) is 45.3 Å². The minimum atomic E-state index is 0.607. The molecular formula is C47H31N3O. The van der Waals surface area contributed by atoms with Crippen molar-refractivity contribution >= 4 is 49.1 Å². The molecule has 0 N–H and O–H groups in total. The molecule has 0 bridgehead atoms. The van der Waals surface area contributed by atoms with Crippen LogP contribution in [0.1, 0.15) is 18.4 Å². The molecular weight excluding hydrogens is 623 g/mol. The van der Waals surface area contributed by atoms with Crippen molar-refractivity contribution in [1.82, 2.24) is 15.0 Å². The van der Waals surface area contributed by atoms with E-state index < -0.39 is 0 Å². The molecule has 0 spiro atoms. The lowest BCUT2D eigenvalue weighted by atomic mass is 9.91. The van der Waals surface area contributed by atoms with Crippen molar-refractivity contribution < 1.29 is 4.42 Å². The molecule has 0 fully saturated rings. The zero-order valence-electron chi connectivity index (χ0n) is 27.8. The highest BCUT2D eigenvalue weighted by Crippen LogP contribution is 2.43. The molecule has 0 saturated carbocycles. The molecule has 2 heterocycles. The second-order valence-electron chi connectivity index (χ2n) is 13.1. The van der Waals surface area contributed by atoms with Gasteiger partial charge in [0, 0.05) is 32.8 Å². The molecule has 9 aromatic rings. The SMILES string of the molecule is C1=CC(c2cccc3cc(-c4nc(-c5ccc(-c6ccccc6)cc5)nc(-c5ccc6ccccc6c5)n4)c4c5ccccc5oc4c23)=CCC1. The molecule has 0 amide bonds. The lowest BCUT2D eigenvalue weighted by Crippen LogP contribution is -2.01. The van der Waals surface area contributed by atoms with Crippen LogP contribution < -0.4 is 0 Å². The molecule has 7 aromatic carbocycles. The fourth-order valence-electron chi connectivity index (χ4n) is 7.42. The third kappa shape index (κ3) is 5.12. The van der Waals surface area contributed by atoms with Gasteiger partial charge in [0.25, 0.3) is 0 Å². The molecule has 0 atom stereocenters. The lowest BCUT2D eigenvalue weighted by molar-refractivity contribution is 0.672. The van der Waals surface area contributed by atoms with Crippen LogP contribution in [0.25, 0.3) is 94.3 Å². The van der Waals surface area contributed by atoms with Crippen LogP contribution in [-0.2, 0) is 0 Å². The summed E-state index contributed by atoms with van der Waals surface area (Å²) in [6, 6.07) is 50.7. The Kier molecular flexibility index (Phi) is 6.91. The number of aromatic nitrogens is 3. The summed E-state index contributed by atoms with van der Waals surface area (Å²) in [6.45, 7) is 0. The summed E-state index contributed by atoms with van der Waals surface area (Å²) >= 11 is 0. The number of hydrogen-bond donors (Lipinski definition) is 0. The first-order chi connectivity index (χ1) is 25.3. The van der Waals surface area contributed by atoms with E-state index in [0.29, 0.717) is 17.5 Å². The Labute approximate surface area is 295 Å². The van der Waals surface area contributed by atoms with Crippen molar-refractivity contribution in [1.29, 1.82) is 0 Å². The molecule has 0 radical (unpaired) electrons. The summed E-state index contributed by atoms with van der Waals surface area (Å²) in [4.78, 5) is 15.6. The number of hydrogen-bond acceptors (Lipinski definition) is 4. The Hall–Kier alpha value is -6.65. The van der Waals surface area contributed by atoms with Crippen molar-refractivity contribution in [3.63, 3.8) is 0 Å². The van der Waals surface area contributed by atoms with E-state index in [0.717, 1.165) is 73.2 Å². The lowest BCUT2D eigenvalue weighted by Gasteiger charge is -2.14. The highest BCUT2D eigenvalue weighted by atomic mass is 16.3. The number of allylic oxidation sites excluding steroid dienone is 4. The van der Waals surface area contributed by atoms with Gasteiger partial charge in [0.1, 0.15) is 11.2 Å². The van der Waals surface area contributed by atoms with Crippen LogP contribution in [0.2, 0.25) is 0 Å². The number of rotatable bonds is 5. The maximum absolute atomic E-state index is 6.77. The predicted molar refractivity (Wildman–Crippen MR) is 210 cm³/mol. The molecule has 0 unspecified atom stereocenters. The van der Waals surface area contributed by atoms with Gasteiger partial charge in [-0.25, -0.2) is 15.0 Å². The van der Waals surface area contributed by atoms with Crippen LogP contribution in [0.3, 0.4) is 0 Å². The van der Waals surface area contributed by atoms with Crippen LogP contribution in [0.4, 0.5) is 0 Å². The number of nitrogens with zero attached hydrogens (tertiary/aromatic N) is 3. The van der Waals surface area contributed by atoms with Gasteiger partial charge in [0.05, 0.1) is 0 Å². The van der Waals surface area contributed by atoms with Gasteiger partial charge >= 0.3 is 0 Å². The monoisotopic (exact) mass is 653 g/mol. The molecule has 240 valence electrons. The van der Waals surface area contributed by atoms with E-state index in [9.17, 15) is 0 Å². The fraction of sp³-hybridized carbons (Fsp3) is 0.0426. The van der Waals surface area contributed by atoms with E-state index in [1.807, 2.05) is 18.2 Å². The molecule has 1 aliphatic carbocycles. The van der Waals surface area contributed by atoms with Crippen LogP contribution in [0, 0.1) is 0 Å². The first-order valence-electron chi connectivity index (χ1n) is 17.4. The topological polar surface area (TPSA) is 51.8 Å². The second kappa shape index (κ2) is 12.0. The number of fused-ring (bicyclic) bond motifs is 6. The summed E-state index contributed by atoms with van der Waals surface area (Å²) in [6.07, 6.45) is 8.91. The van der Waals surface area contributed by atoms with Crippen LogP contribution in [-0.4, -0.2) is 15.0 Å². The second-order valence-corrected chi connectivity index (χ2v) is 13.1. The third-order valence-corrected chi connectivity index (χ3v) is 9.93. The van der Waals surface area contributed by atoms with Gasteiger partial charge in [0.2, 0.25) is 0 Å². The molecule has 10 rings (SSSR count). The normalized spacial score (nSPS) is 13.0. The van der Waals surface area contributed by atoms with Crippen LogP contribution in [0.5, 0.6) is 0 Å². The van der Waals surface area contributed by atoms with Crippen molar-refractivity contribution in [3.05, 3.63) is 169 Å². The van der Waals surface area contributed by atoms with E-state index in [1.165, 1.54) is 22.1 Å². The van der Waals surface area contributed by atoms with Gasteiger partial charge in [-0.1, -0.05) is 146 Å². The predicted octanol–water partition coefficient (Wildman–Crippen LogP) is 12.5. The number of para-hydroxylation sites is 1. The maximum Gasteiger partial charge on any atom is 0.164 e. The average molecular weight is 654 g/mol. The Morgan fingerprint density at radius 3 is 1.98 bits per heavy atom. The van der Waals surface area contributed by atoms with E-state index in [1.54, 1.807) is 0 Å². The first kappa shape index (κ1) is 29.3. The number of benzene rings is 7. The Morgan fingerprint density at radius 1 is 0.451 bits per heavy atom. The molecule has 1 aliphatic rings. The maximum atomic E-state index is 6.77. The van der Waals surface area contributed by atoms with E-state index in [4.69, 9.17) is 19.4 Å². The summed E-state index contributed by atoms with van der Waals surface area (Å²) in [5, 5.41) is 6.53. The zero-order chi connectivity index (χ0) is 33.7. The Morgan fingerprint density at radius 2 is 1.14 bits per heavy atom. The molecule has 0 aliphatic heterocycles. The van der Waals surface area contributed by atoms with Gasteiger partial charge in [0.15, 0.2) is 17.5 Å². The number of furan rings is 1. The van der Waals surface area contributed by atoms with Gasteiger partial charge in [-0.15, -0.1) is 0 Å². The summed E-state index contributed by atoms with van der Waals surface area (Å²) in [5.41, 5.74) is 9.17. The Balaban J connectivity index is 1.24. The fourth-order valence-corrected chi connectivity index (χ4v) is 7.42.